The van der Waals surface area contributed by atoms with Gasteiger partial charge in [-0.25, -0.2) is 0 Å². The van der Waals surface area contributed by atoms with Crippen LogP contribution in [0.3, 0.4) is 0 Å². The van der Waals surface area contributed by atoms with Gasteiger partial charge in [0, 0.05) is 11.8 Å². The summed E-state index contributed by atoms with van der Waals surface area (Å²) in [5.74, 6) is -0.103. The largest absolute Gasteiger partial charge is 0.392 e. The Hall–Kier alpha value is -0.970. The van der Waals surface area contributed by atoms with Gasteiger partial charge in [0.1, 0.15) is 5.60 Å². The minimum absolute atomic E-state index is 0.103. The van der Waals surface area contributed by atoms with E-state index in [1.165, 1.54) is 18.2 Å². The Bertz CT molecular complexity index is 366. The Labute approximate surface area is 101 Å². The SMILES string of the molecule is CC(O)C=CC1(O)C(CO)=CC(=O)CC1(C)C. The molecule has 0 radical (unpaired) electrons. The summed E-state index contributed by atoms with van der Waals surface area (Å²) in [6, 6.07) is 0. The zero-order valence-corrected chi connectivity index (χ0v) is 10.5. The van der Waals surface area contributed by atoms with E-state index in [0.29, 0.717) is 0 Å². The van der Waals surface area contributed by atoms with Crippen molar-refractivity contribution >= 4 is 5.78 Å². The summed E-state index contributed by atoms with van der Waals surface area (Å²) in [5, 5.41) is 29.1. The molecule has 2 atom stereocenters. The summed E-state index contributed by atoms with van der Waals surface area (Å²) in [6.45, 7) is 4.72. The Balaban J connectivity index is 3.23. The van der Waals surface area contributed by atoms with Crippen LogP contribution in [0.4, 0.5) is 0 Å². The van der Waals surface area contributed by atoms with Gasteiger partial charge in [-0.15, -0.1) is 0 Å². The molecular weight excluding hydrogens is 220 g/mol. The number of rotatable bonds is 3. The Morgan fingerprint density at radius 1 is 1.53 bits per heavy atom. The van der Waals surface area contributed by atoms with E-state index in [4.69, 9.17) is 0 Å². The standard InChI is InChI=1S/C13H20O4/c1-9(15)4-5-13(17)10(8-14)6-11(16)7-12(13,2)3/h4-6,9,14-15,17H,7-8H2,1-3H3. The van der Waals surface area contributed by atoms with E-state index in [2.05, 4.69) is 0 Å². The third kappa shape index (κ3) is 2.65. The van der Waals surface area contributed by atoms with Crippen LogP contribution >= 0.6 is 0 Å². The summed E-state index contributed by atoms with van der Waals surface area (Å²) < 4.78 is 0. The molecule has 0 bridgehead atoms. The van der Waals surface area contributed by atoms with Crippen LogP contribution in [0.2, 0.25) is 0 Å². The Morgan fingerprint density at radius 3 is 2.59 bits per heavy atom. The number of hydrogen-bond acceptors (Lipinski definition) is 4. The molecule has 0 fully saturated rings. The molecule has 0 aromatic carbocycles. The minimum Gasteiger partial charge on any atom is -0.392 e. The van der Waals surface area contributed by atoms with Crippen molar-refractivity contribution in [1.82, 2.24) is 0 Å². The lowest BCUT2D eigenvalue weighted by molar-refractivity contribution is -0.121. The lowest BCUT2D eigenvalue weighted by Gasteiger charge is -2.44. The van der Waals surface area contributed by atoms with E-state index in [9.17, 15) is 20.1 Å². The fourth-order valence-electron chi connectivity index (χ4n) is 2.14. The van der Waals surface area contributed by atoms with Gasteiger partial charge >= 0.3 is 0 Å². The maximum absolute atomic E-state index is 11.5. The molecule has 0 saturated heterocycles. The van der Waals surface area contributed by atoms with Gasteiger partial charge in [-0.05, 0) is 24.6 Å². The number of carbonyl (C=O) groups excluding carboxylic acids is 1. The van der Waals surface area contributed by atoms with Crippen molar-refractivity contribution < 1.29 is 20.1 Å². The van der Waals surface area contributed by atoms with Crippen molar-refractivity contribution in [2.45, 2.75) is 38.9 Å². The van der Waals surface area contributed by atoms with Crippen LogP contribution in [0.25, 0.3) is 0 Å². The van der Waals surface area contributed by atoms with E-state index in [-0.39, 0.29) is 24.4 Å². The monoisotopic (exact) mass is 240 g/mol. The third-order valence-electron chi connectivity index (χ3n) is 3.26. The van der Waals surface area contributed by atoms with Gasteiger partial charge in [-0.2, -0.15) is 0 Å². The summed E-state index contributed by atoms with van der Waals surface area (Å²) in [4.78, 5) is 11.5. The second-order valence-electron chi connectivity index (χ2n) is 5.22. The van der Waals surface area contributed by atoms with Crippen LogP contribution in [-0.2, 0) is 4.79 Å². The lowest BCUT2D eigenvalue weighted by atomic mass is 9.64. The molecule has 4 heteroatoms. The van der Waals surface area contributed by atoms with Gasteiger partial charge in [-0.3, -0.25) is 4.79 Å². The number of aliphatic hydroxyl groups is 3. The molecule has 1 aliphatic rings. The average molecular weight is 240 g/mol. The molecular formula is C13H20O4. The summed E-state index contributed by atoms with van der Waals surface area (Å²) in [7, 11) is 0. The molecule has 17 heavy (non-hydrogen) atoms. The van der Waals surface area contributed by atoms with E-state index < -0.39 is 17.1 Å². The van der Waals surface area contributed by atoms with Crippen molar-refractivity contribution in [1.29, 1.82) is 0 Å². The highest BCUT2D eigenvalue weighted by Crippen LogP contribution is 2.44. The van der Waals surface area contributed by atoms with Crippen molar-refractivity contribution in [3.8, 4) is 0 Å². The number of allylic oxidation sites excluding steroid dienone is 1. The predicted octanol–water partition coefficient (Wildman–Crippen LogP) is 0.572. The molecule has 0 aromatic rings. The lowest BCUT2D eigenvalue weighted by Crippen LogP contribution is -2.49. The molecule has 0 spiro atoms. The van der Waals surface area contributed by atoms with Crippen LogP contribution in [0.5, 0.6) is 0 Å². The molecule has 2 unspecified atom stereocenters. The van der Waals surface area contributed by atoms with E-state index in [0.717, 1.165) is 0 Å². The zero-order chi connectivity index (χ0) is 13.3. The molecule has 0 aromatic heterocycles. The molecule has 0 saturated carbocycles. The topological polar surface area (TPSA) is 77.8 Å². The van der Waals surface area contributed by atoms with E-state index in [1.54, 1.807) is 20.8 Å². The van der Waals surface area contributed by atoms with Crippen LogP contribution in [0.15, 0.2) is 23.8 Å². The van der Waals surface area contributed by atoms with Gasteiger partial charge in [-0.1, -0.05) is 19.9 Å². The average Bonchev–Trinajstić information content (AvgIpc) is 2.20. The van der Waals surface area contributed by atoms with Crippen LogP contribution in [-0.4, -0.2) is 39.4 Å². The highest BCUT2D eigenvalue weighted by molar-refractivity contribution is 5.93. The van der Waals surface area contributed by atoms with Crippen molar-refractivity contribution in [2.24, 2.45) is 5.41 Å². The molecule has 4 nitrogen and oxygen atoms in total. The second kappa shape index (κ2) is 4.72. The van der Waals surface area contributed by atoms with Gasteiger partial charge in [0.15, 0.2) is 5.78 Å². The number of carbonyl (C=O) groups is 1. The van der Waals surface area contributed by atoms with Gasteiger partial charge in [0.25, 0.3) is 0 Å². The van der Waals surface area contributed by atoms with E-state index in [1.807, 2.05) is 0 Å². The maximum Gasteiger partial charge on any atom is 0.156 e. The highest BCUT2D eigenvalue weighted by Gasteiger charge is 2.47. The first kappa shape index (κ1) is 14.1. The molecule has 1 aliphatic carbocycles. The van der Waals surface area contributed by atoms with Crippen LogP contribution < -0.4 is 0 Å². The fourth-order valence-corrected chi connectivity index (χ4v) is 2.14. The Morgan fingerprint density at radius 2 is 2.12 bits per heavy atom. The first-order chi connectivity index (χ1) is 7.73. The molecule has 1 rings (SSSR count). The van der Waals surface area contributed by atoms with E-state index >= 15 is 0 Å². The second-order valence-corrected chi connectivity index (χ2v) is 5.22. The summed E-state index contributed by atoms with van der Waals surface area (Å²) in [5.41, 5.74) is -1.83. The molecule has 96 valence electrons. The zero-order valence-electron chi connectivity index (χ0n) is 10.5. The smallest absolute Gasteiger partial charge is 0.156 e. The van der Waals surface area contributed by atoms with Gasteiger partial charge in [0.2, 0.25) is 0 Å². The third-order valence-corrected chi connectivity index (χ3v) is 3.26. The number of aliphatic hydroxyl groups excluding tert-OH is 2. The quantitative estimate of drug-likeness (QED) is 0.630. The number of ketones is 1. The van der Waals surface area contributed by atoms with Crippen LogP contribution in [0, 0.1) is 5.41 Å². The maximum atomic E-state index is 11.5. The summed E-state index contributed by atoms with van der Waals surface area (Å²) >= 11 is 0. The van der Waals surface area contributed by atoms with Gasteiger partial charge in [0.05, 0.1) is 12.7 Å². The van der Waals surface area contributed by atoms with Gasteiger partial charge < -0.3 is 15.3 Å². The van der Waals surface area contributed by atoms with Crippen molar-refractivity contribution in [3.05, 3.63) is 23.8 Å². The first-order valence-corrected chi connectivity index (χ1v) is 5.67. The van der Waals surface area contributed by atoms with Crippen LogP contribution in [0.1, 0.15) is 27.2 Å². The fraction of sp³-hybridized carbons (Fsp3) is 0.615. The van der Waals surface area contributed by atoms with Crippen molar-refractivity contribution in [2.75, 3.05) is 6.61 Å². The normalized spacial score (nSPS) is 30.5. The summed E-state index contributed by atoms with van der Waals surface area (Å²) in [6.07, 6.45) is 3.73. The highest BCUT2D eigenvalue weighted by atomic mass is 16.3. The number of hydrogen-bond donors (Lipinski definition) is 3. The Kier molecular flexibility index (Phi) is 3.91. The first-order valence-electron chi connectivity index (χ1n) is 5.67. The van der Waals surface area contributed by atoms with Crippen molar-refractivity contribution in [3.63, 3.8) is 0 Å². The molecule has 3 N–H and O–H groups in total. The molecule has 0 amide bonds. The molecule has 0 heterocycles. The minimum atomic E-state index is -1.40. The molecule has 0 aliphatic heterocycles. The predicted molar refractivity (Wildman–Crippen MR) is 64.3 cm³/mol.